The first-order chi connectivity index (χ1) is 8.52. The van der Waals surface area contributed by atoms with Crippen LogP contribution in [0.5, 0.6) is 0 Å². The molecule has 0 aliphatic heterocycles. The molecule has 0 amide bonds. The summed E-state index contributed by atoms with van der Waals surface area (Å²) < 4.78 is 0. The maximum absolute atomic E-state index is 8.62. The zero-order valence-corrected chi connectivity index (χ0v) is 17.2. The van der Waals surface area contributed by atoms with E-state index in [1.165, 1.54) is 0 Å². The smallest absolute Gasteiger partial charge is 0 e. The zero-order chi connectivity index (χ0) is 15.6. The molecule has 0 radical (unpaired) electrons. The Morgan fingerprint density at radius 2 is 1.15 bits per heavy atom. The van der Waals surface area contributed by atoms with Gasteiger partial charge in [-0.25, -0.2) is 0 Å². The molecule has 0 aliphatic rings. The van der Waals surface area contributed by atoms with Crippen molar-refractivity contribution in [2.24, 2.45) is 17.8 Å². The Bertz CT molecular complexity index is 273. The van der Waals surface area contributed by atoms with Gasteiger partial charge in [0, 0.05) is 21.7 Å². The van der Waals surface area contributed by atoms with Crippen LogP contribution in [0.15, 0.2) is 24.8 Å². The van der Waals surface area contributed by atoms with E-state index in [-0.39, 0.29) is 21.7 Å². The van der Waals surface area contributed by atoms with Crippen molar-refractivity contribution in [3.05, 3.63) is 24.8 Å². The fourth-order valence-electron chi connectivity index (χ4n) is 2.32. The van der Waals surface area contributed by atoms with Gasteiger partial charge >= 0.3 is 0 Å². The number of hydrogen-bond donors (Lipinski definition) is 1. The van der Waals surface area contributed by atoms with Crippen molar-refractivity contribution < 1.29 is 21.7 Å². The molecular formula is C17H36NPTi. The van der Waals surface area contributed by atoms with E-state index in [9.17, 15) is 0 Å². The van der Waals surface area contributed by atoms with Crippen molar-refractivity contribution in [3.63, 3.8) is 0 Å². The Labute approximate surface area is 143 Å². The fourth-order valence-corrected chi connectivity index (χ4v) is 6.96. The second-order valence-electron chi connectivity index (χ2n) is 6.92. The van der Waals surface area contributed by atoms with Gasteiger partial charge in [0.15, 0.2) is 0 Å². The topological polar surface area (TPSA) is 23.9 Å². The second-order valence-corrected chi connectivity index (χ2v) is 10.3. The van der Waals surface area contributed by atoms with Gasteiger partial charge in [-0.2, -0.15) is 0 Å². The van der Waals surface area contributed by atoms with Gasteiger partial charge in [0.1, 0.15) is 0 Å². The molecule has 118 valence electrons. The van der Waals surface area contributed by atoms with Crippen LogP contribution in [0.4, 0.5) is 0 Å². The summed E-state index contributed by atoms with van der Waals surface area (Å²) in [7, 11) is -1.39. The molecule has 0 aromatic heterocycles. The van der Waals surface area contributed by atoms with Crippen molar-refractivity contribution in [1.82, 2.24) is 0 Å². The Kier molecular flexibility index (Phi) is 16.6. The second kappa shape index (κ2) is 13.1. The van der Waals surface area contributed by atoms with Crippen molar-refractivity contribution in [2.45, 2.75) is 48.5 Å². The molecule has 0 bridgehead atoms. The van der Waals surface area contributed by atoms with E-state index < -0.39 is 7.05 Å². The Hall–Kier alpha value is 0.424. The van der Waals surface area contributed by atoms with Gasteiger partial charge in [0.2, 0.25) is 0 Å². The van der Waals surface area contributed by atoms with Crippen LogP contribution < -0.4 is 0 Å². The summed E-state index contributed by atoms with van der Waals surface area (Å²) in [6.45, 7) is 22.4. The minimum atomic E-state index is -1.39. The molecule has 0 unspecified atom stereocenters. The van der Waals surface area contributed by atoms with Crippen LogP contribution in [0.2, 0.25) is 0 Å². The number of rotatable bonds is 7. The molecule has 1 N–H and O–H groups in total. The monoisotopic (exact) mass is 333 g/mol. The average Bonchev–Trinajstić information content (AvgIpc) is 2.13. The molecule has 0 fully saturated rings. The molecule has 0 aromatic carbocycles. The third kappa shape index (κ3) is 18.4. The zero-order valence-electron chi connectivity index (χ0n) is 14.8. The van der Waals surface area contributed by atoms with Gasteiger partial charge in [-0.05, 0) is 50.2 Å². The predicted octanol–water partition coefficient (Wildman–Crippen LogP) is 6.48. The molecule has 0 spiro atoms. The predicted molar refractivity (Wildman–Crippen MR) is 93.8 cm³/mol. The van der Waals surface area contributed by atoms with Crippen LogP contribution in [-0.2, 0) is 21.7 Å². The van der Waals surface area contributed by atoms with Gasteiger partial charge < -0.3 is 5.16 Å². The molecular weight excluding hydrogens is 297 g/mol. The van der Waals surface area contributed by atoms with Crippen molar-refractivity contribution in [3.8, 4) is 0 Å². The van der Waals surface area contributed by atoms with E-state index >= 15 is 0 Å². The van der Waals surface area contributed by atoms with Gasteiger partial charge in [-0.15, -0.1) is 0 Å². The summed E-state index contributed by atoms with van der Waals surface area (Å²) in [5, 5.41) is 8.62. The summed E-state index contributed by atoms with van der Waals surface area (Å²) in [5.41, 5.74) is 1.02. The first-order valence-electron chi connectivity index (χ1n) is 7.41. The third-order valence-corrected chi connectivity index (χ3v) is 6.78. The summed E-state index contributed by atoms with van der Waals surface area (Å²) in [4.78, 5) is 0. The SMILES string of the molecule is C=CC(=C)C.CC(C)CP(=N)(CC(C)C)CC(C)C.[Ti]. The Morgan fingerprint density at radius 3 is 1.25 bits per heavy atom. The maximum Gasteiger partial charge on any atom is 0 e. The molecule has 0 heterocycles. The number of nitrogens with one attached hydrogen (secondary N) is 1. The first-order valence-corrected chi connectivity index (χ1v) is 9.76. The minimum Gasteiger partial charge on any atom is -0.319 e. The molecule has 1 nitrogen and oxygen atoms in total. The normalized spacial score (nSPS) is 10.9. The van der Waals surface area contributed by atoms with E-state index in [0.29, 0.717) is 17.8 Å². The Morgan fingerprint density at radius 1 is 0.950 bits per heavy atom. The van der Waals surface area contributed by atoms with E-state index in [1.54, 1.807) is 6.08 Å². The van der Waals surface area contributed by atoms with E-state index in [4.69, 9.17) is 5.16 Å². The molecule has 0 saturated carbocycles. The fraction of sp³-hybridized carbons (Fsp3) is 0.765. The quantitative estimate of drug-likeness (QED) is 0.313. The van der Waals surface area contributed by atoms with Crippen LogP contribution in [0.1, 0.15) is 48.5 Å². The van der Waals surface area contributed by atoms with Crippen molar-refractivity contribution in [1.29, 1.82) is 5.16 Å². The van der Waals surface area contributed by atoms with Crippen LogP contribution in [0.25, 0.3) is 0 Å². The van der Waals surface area contributed by atoms with E-state index in [0.717, 1.165) is 24.1 Å². The number of allylic oxidation sites excluding steroid dienone is 2. The van der Waals surface area contributed by atoms with Crippen LogP contribution >= 0.6 is 7.05 Å². The van der Waals surface area contributed by atoms with Crippen molar-refractivity contribution in [2.75, 3.05) is 18.5 Å². The minimum absolute atomic E-state index is 0. The van der Waals surface area contributed by atoms with Crippen LogP contribution in [0, 0.1) is 22.9 Å². The maximum atomic E-state index is 8.62. The van der Waals surface area contributed by atoms with E-state index in [2.05, 4.69) is 54.7 Å². The molecule has 0 saturated heterocycles. The molecule has 0 aromatic rings. The molecule has 0 aliphatic carbocycles. The van der Waals surface area contributed by atoms with Gasteiger partial charge in [0.05, 0.1) is 0 Å². The molecule has 20 heavy (non-hydrogen) atoms. The number of hydrogen-bond acceptors (Lipinski definition) is 1. The molecule has 0 rings (SSSR count). The largest absolute Gasteiger partial charge is 0.319 e. The average molecular weight is 333 g/mol. The van der Waals surface area contributed by atoms with Crippen LogP contribution in [0.3, 0.4) is 0 Å². The Balaban J connectivity index is -0.000000414. The third-order valence-electron chi connectivity index (χ3n) is 2.49. The van der Waals surface area contributed by atoms with Gasteiger partial charge in [-0.1, -0.05) is 66.3 Å². The first kappa shape index (κ1) is 25.4. The summed E-state index contributed by atoms with van der Waals surface area (Å²) >= 11 is 0. The standard InChI is InChI=1S/C12H28NP.C5H8.Ti/c1-10(2)7-14(13,8-11(3)4)9-12(5)6;1-4-5(2)3;/h10-13H,7-9H2,1-6H3;4H,1-2H2,3H3;. The van der Waals surface area contributed by atoms with Gasteiger partial charge in [-0.3, -0.25) is 0 Å². The summed E-state index contributed by atoms with van der Waals surface area (Å²) in [5.74, 6) is 2.08. The van der Waals surface area contributed by atoms with E-state index in [1.807, 2.05) is 6.92 Å². The molecule has 0 atom stereocenters. The summed E-state index contributed by atoms with van der Waals surface area (Å²) in [6.07, 6.45) is 5.19. The molecule has 3 heteroatoms. The van der Waals surface area contributed by atoms with Crippen molar-refractivity contribution >= 4 is 7.05 Å². The van der Waals surface area contributed by atoms with Crippen LogP contribution in [-0.4, -0.2) is 18.5 Å². The summed E-state index contributed by atoms with van der Waals surface area (Å²) in [6, 6.07) is 0. The van der Waals surface area contributed by atoms with Gasteiger partial charge in [0.25, 0.3) is 0 Å².